The Balaban J connectivity index is 2.40. The van der Waals surface area contributed by atoms with Crippen LogP contribution in [0.3, 0.4) is 0 Å². The van der Waals surface area contributed by atoms with Gasteiger partial charge >= 0.3 is 0 Å². The molecule has 6 nitrogen and oxygen atoms in total. The zero-order valence-corrected chi connectivity index (χ0v) is 13.3. The van der Waals surface area contributed by atoms with Gasteiger partial charge in [0.2, 0.25) is 0 Å². The summed E-state index contributed by atoms with van der Waals surface area (Å²) in [5.41, 5.74) is 1.90. The van der Waals surface area contributed by atoms with Crippen LogP contribution < -0.4 is 5.32 Å². The van der Waals surface area contributed by atoms with Crippen molar-refractivity contribution < 1.29 is 0 Å². The largest absolute Gasteiger partial charge is 0.373 e. The van der Waals surface area contributed by atoms with Crippen LogP contribution >= 0.6 is 11.3 Å². The van der Waals surface area contributed by atoms with Gasteiger partial charge in [0.25, 0.3) is 0 Å². The summed E-state index contributed by atoms with van der Waals surface area (Å²) in [6.45, 7) is 2.05. The van der Waals surface area contributed by atoms with Crippen LogP contribution in [0.4, 0.5) is 5.82 Å². The molecule has 0 radical (unpaired) electrons. The summed E-state index contributed by atoms with van der Waals surface area (Å²) in [5.74, 6) is 0.678. The maximum atomic E-state index is 8.89. The van der Waals surface area contributed by atoms with E-state index in [0.29, 0.717) is 12.8 Å². The molecule has 112 valence electrons. The molecule has 0 fully saturated rings. The molecular weight excluding hydrogens is 296 g/mol. The van der Waals surface area contributed by atoms with Crippen LogP contribution in [0.15, 0.2) is 12.5 Å². The number of nitrogens with zero attached hydrogens (tertiary/aromatic N) is 5. The first-order valence-electron chi connectivity index (χ1n) is 6.96. The minimum absolute atomic E-state index is 0.135. The van der Waals surface area contributed by atoms with Crippen LogP contribution in [-0.4, -0.2) is 22.0 Å². The van der Waals surface area contributed by atoms with Crippen molar-refractivity contribution in [3.63, 3.8) is 0 Å². The molecule has 0 bridgehead atoms. The fourth-order valence-electron chi connectivity index (χ4n) is 2.23. The van der Waals surface area contributed by atoms with Gasteiger partial charge in [-0.05, 0) is 6.42 Å². The highest BCUT2D eigenvalue weighted by atomic mass is 32.1. The summed E-state index contributed by atoms with van der Waals surface area (Å²) in [4.78, 5) is 13.9. The lowest BCUT2D eigenvalue weighted by atomic mass is 10.0. The maximum absolute atomic E-state index is 8.89. The van der Waals surface area contributed by atoms with Crippen molar-refractivity contribution in [2.24, 2.45) is 0 Å². The molecule has 22 heavy (non-hydrogen) atoms. The van der Waals surface area contributed by atoms with Gasteiger partial charge in [-0.15, -0.1) is 11.3 Å². The molecule has 0 aliphatic heterocycles. The lowest BCUT2D eigenvalue weighted by Crippen LogP contribution is -2.01. The highest BCUT2D eigenvalue weighted by Crippen LogP contribution is 2.34. The molecule has 0 aliphatic carbocycles. The van der Waals surface area contributed by atoms with Crippen LogP contribution in [0.5, 0.6) is 0 Å². The Morgan fingerprint density at radius 1 is 1.23 bits per heavy atom. The SMILES string of the molecule is CCc1c(NC)ncnc1-c1cnc(C(CC#N)CC#N)s1. The van der Waals surface area contributed by atoms with Crippen molar-refractivity contribution in [2.45, 2.75) is 32.1 Å². The van der Waals surface area contributed by atoms with Gasteiger partial charge in [0.05, 0.1) is 27.7 Å². The summed E-state index contributed by atoms with van der Waals surface area (Å²) in [5, 5.41) is 21.7. The number of thiazole rings is 1. The molecule has 0 amide bonds. The Morgan fingerprint density at radius 2 is 1.95 bits per heavy atom. The predicted molar refractivity (Wildman–Crippen MR) is 85.3 cm³/mol. The Kier molecular flexibility index (Phi) is 5.40. The minimum Gasteiger partial charge on any atom is -0.373 e. The van der Waals surface area contributed by atoms with Crippen molar-refractivity contribution >= 4 is 17.2 Å². The van der Waals surface area contributed by atoms with E-state index in [4.69, 9.17) is 10.5 Å². The first-order valence-corrected chi connectivity index (χ1v) is 7.78. The summed E-state index contributed by atoms with van der Waals surface area (Å²) in [6, 6.07) is 4.24. The van der Waals surface area contributed by atoms with E-state index in [0.717, 1.165) is 33.4 Å². The summed E-state index contributed by atoms with van der Waals surface area (Å²) >= 11 is 1.49. The van der Waals surface area contributed by atoms with Crippen molar-refractivity contribution in [2.75, 3.05) is 12.4 Å². The van der Waals surface area contributed by atoms with Gasteiger partial charge in [0.1, 0.15) is 12.1 Å². The predicted octanol–water partition coefficient (Wildman–Crippen LogP) is 3.12. The Bertz CT molecular complexity index is 708. The molecule has 2 rings (SSSR count). The van der Waals surface area contributed by atoms with E-state index in [9.17, 15) is 0 Å². The van der Waals surface area contributed by atoms with E-state index in [1.807, 2.05) is 7.05 Å². The van der Waals surface area contributed by atoms with E-state index >= 15 is 0 Å². The third-order valence-corrected chi connectivity index (χ3v) is 4.48. The van der Waals surface area contributed by atoms with Crippen molar-refractivity contribution in [1.82, 2.24) is 15.0 Å². The maximum Gasteiger partial charge on any atom is 0.132 e. The van der Waals surface area contributed by atoms with Crippen molar-refractivity contribution in [3.05, 3.63) is 23.1 Å². The summed E-state index contributed by atoms with van der Waals surface area (Å²) in [6.07, 6.45) is 4.70. The molecular formula is C15H16N6S. The van der Waals surface area contributed by atoms with Gasteiger partial charge in [-0.2, -0.15) is 10.5 Å². The van der Waals surface area contributed by atoms with Crippen molar-refractivity contribution in [1.29, 1.82) is 10.5 Å². The van der Waals surface area contributed by atoms with Gasteiger partial charge in [-0.25, -0.2) is 15.0 Å². The van der Waals surface area contributed by atoms with Crippen molar-refractivity contribution in [3.8, 4) is 22.7 Å². The van der Waals surface area contributed by atoms with Crippen LogP contribution in [0, 0.1) is 22.7 Å². The van der Waals surface area contributed by atoms with E-state index < -0.39 is 0 Å². The van der Waals surface area contributed by atoms with Gasteiger partial charge in [-0.1, -0.05) is 6.92 Å². The second-order valence-corrected chi connectivity index (χ2v) is 5.70. The molecule has 0 atom stereocenters. The third-order valence-electron chi connectivity index (χ3n) is 3.32. The fourth-order valence-corrected chi connectivity index (χ4v) is 3.27. The topological polar surface area (TPSA) is 98.3 Å². The molecule has 2 heterocycles. The number of nitrogens with one attached hydrogen (secondary N) is 1. The van der Waals surface area contributed by atoms with Gasteiger partial charge < -0.3 is 5.32 Å². The van der Waals surface area contributed by atoms with Gasteiger partial charge in [0, 0.05) is 37.6 Å². The zero-order chi connectivity index (χ0) is 15.9. The lowest BCUT2D eigenvalue weighted by molar-refractivity contribution is 0.719. The van der Waals surface area contributed by atoms with E-state index in [1.54, 1.807) is 6.20 Å². The minimum atomic E-state index is -0.135. The van der Waals surface area contributed by atoms with Gasteiger partial charge in [-0.3, -0.25) is 0 Å². The average molecular weight is 312 g/mol. The monoisotopic (exact) mass is 312 g/mol. The van der Waals surface area contributed by atoms with Crippen LogP contribution in [0.2, 0.25) is 0 Å². The van der Waals surface area contributed by atoms with E-state index in [-0.39, 0.29) is 5.92 Å². The number of aromatic nitrogens is 3. The first kappa shape index (κ1) is 15.9. The second kappa shape index (κ2) is 7.48. The number of nitriles is 2. The molecule has 0 aliphatic rings. The number of rotatable bonds is 6. The van der Waals surface area contributed by atoms with E-state index in [1.165, 1.54) is 17.7 Å². The quantitative estimate of drug-likeness (QED) is 0.880. The molecule has 1 N–H and O–H groups in total. The molecule has 0 unspecified atom stereocenters. The molecule has 0 spiro atoms. The third kappa shape index (κ3) is 3.21. The molecule has 0 aromatic carbocycles. The Labute approximate surface area is 133 Å². The standard InChI is InChI=1S/C15H16N6S/c1-3-11-13(20-9-21-14(11)18-2)12-8-19-15(22-12)10(4-6-16)5-7-17/h8-10H,3-5H2,1-2H3,(H,18,20,21). The molecule has 7 heteroatoms. The number of hydrogen-bond donors (Lipinski definition) is 1. The summed E-state index contributed by atoms with van der Waals surface area (Å²) in [7, 11) is 1.83. The Morgan fingerprint density at radius 3 is 2.55 bits per heavy atom. The Hall–Kier alpha value is -2.51. The van der Waals surface area contributed by atoms with Crippen LogP contribution in [0.25, 0.3) is 10.6 Å². The molecule has 2 aromatic rings. The van der Waals surface area contributed by atoms with Crippen LogP contribution in [0.1, 0.15) is 36.3 Å². The normalized spacial score (nSPS) is 10.2. The second-order valence-electron chi connectivity index (χ2n) is 4.64. The molecule has 0 saturated carbocycles. The highest BCUT2D eigenvalue weighted by molar-refractivity contribution is 7.15. The fraction of sp³-hybridized carbons (Fsp3) is 0.400. The smallest absolute Gasteiger partial charge is 0.132 e. The summed E-state index contributed by atoms with van der Waals surface area (Å²) < 4.78 is 0. The average Bonchev–Trinajstić information content (AvgIpc) is 3.03. The highest BCUT2D eigenvalue weighted by Gasteiger charge is 2.18. The van der Waals surface area contributed by atoms with Crippen LogP contribution in [-0.2, 0) is 6.42 Å². The zero-order valence-electron chi connectivity index (χ0n) is 12.5. The molecule has 0 saturated heterocycles. The lowest BCUT2D eigenvalue weighted by Gasteiger charge is -2.09. The number of hydrogen-bond acceptors (Lipinski definition) is 7. The molecule has 2 aromatic heterocycles. The van der Waals surface area contributed by atoms with E-state index in [2.05, 4.69) is 39.3 Å². The van der Waals surface area contributed by atoms with Gasteiger partial charge in [0.15, 0.2) is 0 Å². The number of anilines is 1. The first-order chi connectivity index (χ1) is 10.7.